The van der Waals surface area contributed by atoms with E-state index in [1.165, 1.54) is 11.8 Å². The number of rotatable bonds is 8. The van der Waals surface area contributed by atoms with Crippen LogP contribution in [0.5, 0.6) is 11.5 Å². The van der Waals surface area contributed by atoms with Gasteiger partial charge in [-0.3, -0.25) is 0 Å². The van der Waals surface area contributed by atoms with Crippen molar-refractivity contribution in [2.75, 3.05) is 7.11 Å². The number of methoxy groups -OCH3 is 1. The van der Waals surface area contributed by atoms with Gasteiger partial charge in [-0.25, -0.2) is 0 Å². The van der Waals surface area contributed by atoms with Gasteiger partial charge < -0.3 is 18.3 Å². The summed E-state index contributed by atoms with van der Waals surface area (Å²) in [5.74, 6) is 2.96. The van der Waals surface area contributed by atoms with Crippen molar-refractivity contribution in [1.82, 2.24) is 20.4 Å². The Kier molecular flexibility index (Phi) is 6.20. The summed E-state index contributed by atoms with van der Waals surface area (Å²) in [6.07, 6.45) is 0. The molecule has 4 rings (SSSR count). The Balaban J connectivity index is 1.34. The SMILES string of the molecule is COc1ccccc1-c1nnc(CSc2nnc(COc3ccc(Cl)cc3C)o2)o1. The number of aryl methyl sites for hydroxylation is 1. The summed E-state index contributed by atoms with van der Waals surface area (Å²) in [5, 5.41) is 17.2. The number of hydrogen-bond donors (Lipinski definition) is 0. The molecule has 2 aromatic carbocycles. The van der Waals surface area contributed by atoms with Crippen molar-refractivity contribution >= 4 is 23.4 Å². The second-order valence-electron chi connectivity index (χ2n) is 6.15. The molecule has 30 heavy (non-hydrogen) atoms. The van der Waals surface area contributed by atoms with Gasteiger partial charge in [-0.1, -0.05) is 35.5 Å². The number of ether oxygens (including phenoxy) is 2. The number of hydrogen-bond acceptors (Lipinski definition) is 9. The molecule has 0 aliphatic heterocycles. The van der Waals surface area contributed by atoms with E-state index >= 15 is 0 Å². The van der Waals surface area contributed by atoms with E-state index in [0.29, 0.717) is 45.2 Å². The number of aromatic nitrogens is 4. The molecular weight excluding hydrogens is 428 g/mol. The van der Waals surface area contributed by atoms with Gasteiger partial charge >= 0.3 is 0 Å². The Labute approximate surface area is 181 Å². The van der Waals surface area contributed by atoms with Crippen LogP contribution in [0, 0.1) is 6.92 Å². The maximum Gasteiger partial charge on any atom is 0.277 e. The first-order valence-corrected chi connectivity index (χ1v) is 10.3. The van der Waals surface area contributed by atoms with Gasteiger partial charge in [0.1, 0.15) is 11.5 Å². The summed E-state index contributed by atoms with van der Waals surface area (Å²) in [6, 6.07) is 12.8. The second kappa shape index (κ2) is 9.19. The van der Waals surface area contributed by atoms with E-state index < -0.39 is 0 Å². The fraction of sp³-hybridized carbons (Fsp3) is 0.200. The quantitative estimate of drug-likeness (QED) is 0.349. The predicted molar refractivity (Wildman–Crippen MR) is 111 cm³/mol. The lowest BCUT2D eigenvalue weighted by Gasteiger charge is -2.06. The Morgan fingerprint density at radius 1 is 0.967 bits per heavy atom. The Morgan fingerprint density at radius 2 is 1.80 bits per heavy atom. The lowest BCUT2D eigenvalue weighted by Crippen LogP contribution is -1.97. The number of thioether (sulfide) groups is 1. The van der Waals surface area contributed by atoms with E-state index in [1.807, 2.05) is 37.3 Å². The van der Waals surface area contributed by atoms with Crippen molar-refractivity contribution in [3.8, 4) is 23.0 Å². The molecule has 0 fully saturated rings. The summed E-state index contributed by atoms with van der Waals surface area (Å²) in [7, 11) is 1.59. The molecular formula is C20H17ClN4O4S. The molecule has 0 unspecified atom stereocenters. The van der Waals surface area contributed by atoms with E-state index in [2.05, 4.69) is 20.4 Å². The van der Waals surface area contributed by atoms with Gasteiger partial charge in [0.05, 0.1) is 18.4 Å². The standard InChI is InChI=1S/C20H17ClN4O4S/c1-12-9-13(21)7-8-15(12)27-10-17-22-25-20(29-17)30-11-18-23-24-19(28-18)14-5-3-4-6-16(14)26-2/h3-9H,10-11H2,1-2H3. The van der Waals surface area contributed by atoms with E-state index in [-0.39, 0.29) is 6.61 Å². The van der Waals surface area contributed by atoms with E-state index in [9.17, 15) is 0 Å². The first kappa shape index (κ1) is 20.2. The zero-order chi connectivity index (χ0) is 20.9. The van der Waals surface area contributed by atoms with Crippen LogP contribution in [-0.4, -0.2) is 27.5 Å². The van der Waals surface area contributed by atoms with Gasteiger partial charge in [-0.15, -0.1) is 20.4 Å². The third kappa shape index (κ3) is 4.74. The van der Waals surface area contributed by atoms with Crippen LogP contribution in [0.2, 0.25) is 5.02 Å². The highest BCUT2D eigenvalue weighted by atomic mass is 35.5. The monoisotopic (exact) mass is 444 g/mol. The van der Waals surface area contributed by atoms with Gasteiger partial charge in [-0.2, -0.15) is 0 Å². The van der Waals surface area contributed by atoms with Crippen LogP contribution in [-0.2, 0) is 12.4 Å². The molecule has 0 aliphatic rings. The van der Waals surface area contributed by atoms with E-state index in [4.69, 9.17) is 29.9 Å². The second-order valence-corrected chi connectivity index (χ2v) is 7.51. The fourth-order valence-corrected chi connectivity index (χ4v) is 3.48. The molecule has 0 bridgehead atoms. The summed E-state index contributed by atoms with van der Waals surface area (Å²) >= 11 is 7.25. The first-order valence-electron chi connectivity index (χ1n) is 8.92. The zero-order valence-electron chi connectivity index (χ0n) is 16.2. The minimum Gasteiger partial charge on any atom is -0.496 e. The van der Waals surface area contributed by atoms with E-state index in [0.717, 1.165) is 11.1 Å². The Morgan fingerprint density at radius 3 is 2.63 bits per heavy atom. The van der Waals surface area contributed by atoms with Gasteiger partial charge in [0.15, 0.2) is 6.61 Å². The average molecular weight is 445 g/mol. The summed E-state index contributed by atoms with van der Waals surface area (Å²) in [4.78, 5) is 0. The highest BCUT2D eigenvalue weighted by molar-refractivity contribution is 7.98. The molecule has 0 atom stereocenters. The van der Waals surface area contributed by atoms with E-state index in [1.54, 1.807) is 19.2 Å². The maximum atomic E-state index is 5.95. The van der Waals surface area contributed by atoms with Crippen molar-refractivity contribution in [3.63, 3.8) is 0 Å². The molecule has 0 N–H and O–H groups in total. The summed E-state index contributed by atoms with van der Waals surface area (Å²) in [6.45, 7) is 2.08. The molecule has 0 aliphatic carbocycles. The highest BCUT2D eigenvalue weighted by Crippen LogP contribution is 2.30. The summed E-state index contributed by atoms with van der Waals surface area (Å²) < 4.78 is 22.4. The minimum absolute atomic E-state index is 0.161. The van der Waals surface area contributed by atoms with Crippen LogP contribution in [0.3, 0.4) is 0 Å². The molecule has 0 spiro atoms. The van der Waals surface area contributed by atoms with Gasteiger partial charge in [0.25, 0.3) is 17.0 Å². The van der Waals surface area contributed by atoms with Crippen molar-refractivity contribution in [1.29, 1.82) is 0 Å². The van der Waals surface area contributed by atoms with Crippen LogP contribution in [0.15, 0.2) is 56.5 Å². The summed E-state index contributed by atoms with van der Waals surface area (Å²) in [5.41, 5.74) is 1.66. The first-order chi connectivity index (χ1) is 14.6. The van der Waals surface area contributed by atoms with Crippen molar-refractivity contribution in [2.24, 2.45) is 0 Å². The van der Waals surface area contributed by atoms with Crippen molar-refractivity contribution in [2.45, 2.75) is 24.5 Å². The van der Waals surface area contributed by atoms with Crippen LogP contribution >= 0.6 is 23.4 Å². The molecule has 10 heteroatoms. The Bertz CT molecular complexity index is 1150. The van der Waals surface area contributed by atoms with Crippen LogP contribution in [0.1, 0.15) is 17.3 Å². The van der Waals surface area contributed by atoms with Crippen LogP contribution in [0.25, 0.3) is 11.5 Å². The van der Waals surface area contributed by atoms with Gasteiger partial charge in [-0.05, 0) is 42.8 Å². The largest absolute Gasteiger partial charge is 0.496 e. The molecule has 0 saturated heterocycles. The zero-order valence-corrected chi connectivity index (χ0v) is 17.7. The highest BCUT2D eigenvalue weighted by Gasteiger charge is 2.15. The fourth-order valence-electron chi connectivity index (χ4n) is 2.63. The number of nitrogens with zero attached hydrogens (tertiary/aromatic N) is 4. The van der Waals surface area contributed by atoms with Crippen molar-refractivity contribution in [3.05, 3.63) is 64.8 Å². The van der Waals surface area contributed by atoms with Gasteiger partial charge in [0, 0.05) is 5.02 Å². The molecule has 0 saturated carbocycles. The Hall–Kier alpha value is -3.04. The minimum atomic E-state index is 0.161. The van der Waals surface area contributed by atoms with Gasteiger partial charge in [0.2, 0.25) is 5.89 Å². The number of benzene rings is 2. The topological polar surface area (TPSA) is 96.3 Å². The molecule has 8 nitrogen and oxygen atoms in total. The van der Waals surface area contributed by atoms with Crippen LogP contribution < -0.4 is 9.47 Å². The third-order valence-electron chi connectivity index (χ3n) is 4.06. The molecule has 4 aromatic rings. The third-order valence-corrected chi connectivity index (χ3v) is 5.10. The molecule has 2 heterocycles. The molecule has 154 valence electrons. The smallest absolute Gasteiger partial charge is 0.277 e. The maximum absolute atomic E-state index is 5.95. The molecule has 0 amide bonds. The van der Waals surface area contributed by atoms with Crippen LogP contribution in [0.4, 0.5) is 0 Å². The lowest BCUT2D eigenvalue weighted by atomic mass is 10.2. The van der Waals surface area contributed by atoms with Crippen molar-refractivity contribution < 1.29 is 18.3 Å². The average Bonchev–Trinajstić information content (AvgIpc) is 3.41. The predicted octanol–water partition coefficient (Wildman–Crippen LogP) is 4.96. The number of halogens is 1. The normalized spacial score (nSPS) is 10.9. The number of para-hydroxylation sites is 1. The molecule has 0 radical (unpaired) electrons. The lowest BCUT2D eigenvalue weighted by molar-refractivity contribution is 0.250. The molecule has 2 aromatic heterocycles.